The zero-order chi connectivity index (χ0) is 28.7. The molecule has 6 rings (SSSR count). The van der Waals surface area contributed by atoms with Gasteiger partial charge in [0.25, 0.3) is 0 Å². The molecular formula is C35H36N6O. The average Bonchev–Trinajstić information content (AvgIpc) is 3.48. The highest BCUT2D eigenvalue weighted by atomic mass is 16.5. The molecule has 0 N–H and O–H groups in total. The Balaban J connectivity index is 1.26. The second-order valence-corrected chi connectivity index (χ2v) is 10.7. The van der Waals surface area contributed by atoms with Crippen molar-refractivity contribution in [2.45, 2.75) is 20.4 Å². The number of piperazine rings is 1. The number of benzene rings is 4. The normalized spacial score (nSPS) is 14.4. The highest BCUT2D eigenvalue weighted by molar-refractivity contribution is 5.71. The van der Waals surface area contributed by atoms with Gasteiger partial charge in [-0.1, -0.05) is 91.0 Å². The standard InChI is InChI=1S/C35H36N6O/c1-27-12-9-13-28(2)34(27)41-35(36-37-38-41)33-30(17-10-20-32(33)42-31-18-7-4-8-19-31)26-40-24-22-39(23-25-40)21-11-16-29-14-5-3-6-15-29/h3-20H,21-26H2,1-2H3. The van der Waals surface area contributed by atoms with Crippen molar-refractivity contribution in [3.05, 3.63) is 125 Å². The van der Waals surface area contributed by atoms with E-state index in [-0.39, 0.29) is 0 Å². The van der Waals surface area contributed by atoms with Crippen LogP contribution in [0.1, 0.15) is 22.3 Å². The fourth-order valence-corrected chi connectivity index (χ4v) is 5.57. The summed E-state index contributed by atoms with van der Waals surface area (Å²) in [4.78, 5) is 5.02. The minimum Gasteiger partial charge on any atom is -0.457 e. The molecule has 5 aromatic rings. The number of hydrogen-bond acceptors (Lipinski definition) is 6. The van der Waals surface area contributed by atoms with Gasteiger partial charge in [-0.15, -0.1) is 5.10 Å². The van der Waals surface area contributed by atoms with Crippen molar-refractivity contribution in [2.75, 3.05) is 32.7 Å². The summed E-state index contributed by atoms with van der Waals surface area (Å²) in [7, 11) is 0. The molecule has 0 unspecified atom stereocenters. The predicted octanol–water partition coefficient (Wildman–Crippen LogP) is 6.57. The molecule has 1 saturated heterocycles. The Hall–Kier alpha value is -4.59. The third-order valence-electron chi connectivity index (χ3n) is 7.76. The van der Waals surface area contributed by atoms with Gasteiger partial charge in [0.05, 0.1) is 11.3 Å². The van der Waals surface area contributed by atoms with Crippen LogP contribution in [0.2, 0.25) is 0 Å². The lowest BCUT2D eigenvalue weighted by Gasteiger charge is -2.34. The fraction of sp³-hybridized carbons (Fsp3) is 0.229. The van der Waals surface area contributed by atoms with Crippen molar-refractivity contribution in [3.8, 4) is 28.6 Å². The van der Waals surface area contributed by atoms with Gasteiger partial charge in [-0.25, -0.2) is 0 Å². The van der Waals surface area contributed by atoms with Gasteiger partial charge in [0, 0.05) is 39.3 Å². The van der Waals surface area contributed by atoms with E-state index in [0.29, 0.717) is 5.82 Å². The van der Waals surface area contributed by atoms with E-state index in [4.69, 9.17) is 4.74 Å². The van der Waals surface area contributed by atoms with Gasteiger partial charge in [0.15, 0.2) is 5.82 Å². The van der Waals surface area contributed by atoms with Gasteiger partial charge in [-0.2, -0.15) is 4.68 Å². The van der Waals surface area contributed by atoms with E-state index in [1.807, 2.05) is 41.1 Å². The molecule has 7 heteroatoms. The zero-order valence-corrected chi connectivity index (χ0v) is 24.2. The predicted molar refractivity (Wildman–Crippen MR) is 168 cm³/mol. The van der Waals surface area contributed by atoms with Crippen LogP contribution < -0.4 is 4.74 Å². The van der Waals surface area contributed by atoms with E-state index in [1.165, 1.54) is 5.56 Å². The quantitative estimate of drug-likeness (QED) is 0.205. The number of aryl methyl sites for hydroxylation is 2. The first-order valence-electron chi connectivity index (χ1n) is 14.5. The van der Waals surface area contributed by atoms with E-state index < -0.39 is 0 Å². The number of hydrogen-bond donors (Lipinski definition) is 0. The molecule has 0 atom stereocenters. The number of tetrazole rings is 1. The summed E-state index contributed by atoms with van der Waals surface area (Å²) in [5.74, 6) is 2.20. The van der Waals surface area contributed by atoms with Crippen molar-refractivity contribution >= 4 is 6.08 Å². The van der Waals surface area contributed by atoms with Crippen molar-refractivity contribution in [1.29, 1.82) is 0 Å². The molecule has 0 spiro atoms. The van der Waals surface area contributed by atoms with E-state index in [1.54, 1.807) is 0 Å². The highest BCUT2D eigenvalue weighted by Gasteiger charge is 2.24. The van der Waals surface area contributed by atoms with Crippen LogP contribution in [-0.4, -0.2) is 62.7 Å². The lowest BCUT2D eigenvalue weighted by Crippen LogP contribution is -2.45. The summed E-state index contributed by atoms with van der Waals surface area (Å²) in [5.41, 5.74) is 6.53. The summed E-state index contributed by atoms with van der Waals surface area (Å²) in [6, 6.07) is 32.9. The van der Waals surface area contributed by atoms with Crippen molar-refractivity contribution in [3.63, 3.8) is 0 Å². The van der Waals surface area contributed by atoms with Gasteiger partial charge in [-0.3, -0.25) is 9.80 Å². The van der Waals surface area contributed by atoms with Crippen LogP contribution in [0.25, 0.3) is 23.2 Å². The zero-order valence-electron chi connectivity index (χ0n) is 24.2. The van der Waals surface area contributed by atoms with Crippen LogP contribution in [0.3, 0.4) is 0 Å². The number of nitrogens with zero attached hydrogens (tertiary/aromatic N) is 6. The molecule has 1 aliphatic heterocycles. The van der Waals surface area contributed by atoms with Crippen molar-refractivity contribution in [1.82, 2.24) is 30.0 Å². The molecule has 4 aromatic carbocycles. The third-order valence-corrected chi connectivity index (χ3v) is 7.76. The van der Waals surface area contributed by atoms with Crippen molar-refractivity contribution in [2.24, 2.45) is 0 Å². The molecule has 1 aromatic heterocycles. The van der Waals surface area contributed by atoms with E-state index in [9.17, 15) is 0 Å². The summed E-state index contributed by atoms with van der Waals surface area (Å²) >= 11 is 0. The number of para-hydroxylation sites is 2. The van der Waals surface area contributed by atoms with Crippen LogP contribution >= 0.6 is 0 Å². The molecule has 0 amide bonds. The van der Waals surface area contributed by atoms with Crippen LogP contribution in [0.4, 0.5) is 0 Å². The molecule has 0 saturated carbocycles. The van der Waals surface area contributed by atoms with E-state index in [0.717, 1.165) is 78.7 Å². The molecule has 212 valence electrons. The summed E-state index contributed by atoms with van der Waals surface area (Å²) in [6.07, 6.45) is 4.47. The average molecular weight is 557 g/mol. The number of aromatic nitrogens is 4. The Kier molecular flexibility index (Phi) is 8.49. The first kappa shape index (κ1) is 27.6. The molecule has 2 heterocycles. The molecule has 0 aliphatic carbocycles. The van der Waals surface area contributed by atoms with Gasteiger partial charge in [0.1, 0.15) is 11.5 Å². The lowest BCUT2D eigenvalue weighted by molar-refractivity contribution is 0.137. The van der Waals surface area contributed by atoms with E-state index >= 15 is 0 Å². The largest absolute Gasteiger partial charge is 0.457 e. The van der Waals surface area contributed by atoms with Gasteiger partial charge in [0.2, 0.25) is 0 Å². The Morgan fingerprint density at radius 2 is 1.40 bits per heavy atom. The smallest absolute Gasteiger partial charge is 0.191 e. The Labute approximate surface area is 247 Å². The maximum atomic E-state index is 6.47. The van der Waals surface area contributed by atoms with E-state index in [2.05, 4.69) is 112 Å². The highest BCUT2D eigenvalue weighted by Crippen LogP contribution is 2.37. The summed E-state index contributed by atoms with van der Waals surface area (Å²) in [6.45, 7) is 9.96. The Morgan fingerprint density at radius 3 is 2.14 bits per heavy atom. The minimum absolute atomic E-state index is 0.679. The topological polar surface area (TPSA) is 59.3 Å². The molecule has 0 radical (unpaired) electrons. The second-order valence-electron chi connectivity index (χ2n) is 10.7. The molecule has 1 aliphatic rings. The van der Waals surface area contributed by atoms with Crippen molar-refractivity contribution < 1.29 is 4.74 Å². The molecule has 42 heavy (non-hydrogen) atoms. The summed E-state index contributed by atoms with van der Waals surface area (Å²) < 4.78 is 8.33. The fourth-order valence-electron chi connectivity index (χ4n) is 5.57. The van der Waals surface area contributed by atoms with Crippen LogP contribution in [0, 0.1) is 13.8 Å². The minimum atomic E-state index is 0.679. The molecule has 1 fully saturated rings. The lowest BCUT2D eigenvalue weighted by atomic mass is 10.0. The number of rotatable bonds is 9. The van der Waals surface area contributed by atoms with Crippen LogP contribution in [0.15, 0.2) is 103 Å². The monoisotopic (exact) mass is 556 g/mol. The van der Waals surface area contributed by atoms with Gasteiger partial charge >= 0.3 is 0 Å². The Bertz CT molecular complexity index is 1620. The molecular weight excluding hydrogens is 520 g/mol. The number of ether oxygens (including phenoxy) is 1. The van der Waals surface area contributed by atoms with Crippen LogP contribution in [0.5, 0.6) is 11.5 Å². The summed E-state index contributed by atoms with van der Waals surface area (Å²) in [5, 5.41) is 13.1. The SMILES string of the molecule is Cc1cccc(C)c1-n1nnnc1-c1c(CN2CCN(CC=Cc3ccccc3)CC2)cccc1Oc1ccccc1. The first-order chi connectivity index (χ1) is 20.7. The Morgan fingerprint density at radius 1 is 0.738 bits per heavy atom. The maximum Gasteiger partial charge on any atom is 0.191 e. The molecule has 7 nitrogen and oxygen atoms in total. The third kappa shape index (κ3) is 6.33. The van der Waals surface area contributed by atoms with Gasteiger partial charge in [-0.05, 0) is 64.7 Å². The molecule has 0 bridgehead atoms. The van der Waals surface area contributed by atoms with Crippen LogP contribution in [-0.2, 0) is 6.54 Å². The maximum absolute atomic E-state index is 6.47. The first-order valence-corrected chi connectivity index (χ1v) is 14.5. The second kappa shape index (κ2) is 12.9. The van der Waals surface area contributed by atoms with Gasteiger partial charge < -0.3 is 4.74 Å².